The van der Waals surface area contributed by atoms with Crippen molar-refractivity contribution >= 4 is 0 Å². The van der Waals surface area contributed by atoms with Gasteiger partial charge in [-0.05, 0) is 17.7 Å². The lowest BCUT2D eigenvalue weighted by molar-refractivity contribution is 0.104. The minimum atomic E-state index is 0.298. The SMILES string of the molecule is COc1ccc(Cc2noc(COCCN)n2)cc1. The summed E-state index contributed by atoms with van der Waals surface area (Å²) in [7, 11) is 1.64. The summed E-state index contributed by atoms with van der Waals surface area (Å²) in [6, 6.07) is 7.75. The van der Waals surface area contributed by atoms with Crippen LogP contribution in [0.2, 0.25) is 0 Å². The lowest BCUT2D eigenvalue weighted by Gasteiger charge is -2.00. The maximum Gasteiger partial charge on any atom is 0.252 e. The quantitative estimate of drug-likeness (QED) is 0.754. The first-order chi connectivity index (χ1) is 9.31. The van der Waals surface area contributed by atoms with Crippen LogP contribution in [0.1, 0.15) is 17.3 Å². The molecule has 1 heterocycles. The number of hydrogen-bond acceptors (Lipinski definition) is 6. The Morgan fingerprint density at radius 1 is 1.26 bits per heavy atom. The first-order valence-electron chi connectivity index (χ1n) is 6.04. The van der Waals surface area contributed by atoms with Crippen molar-refractivity contribution in [2.24, 2.45) is 5.73 Å². The highest BCUT2D eigenvalue weighted by Crippen LogP contribution is 2.13. The normalized spacial score (nSPS) is 10.6. The third-order valence-corrected chi connectivity index (χ3v) is 2.52. The van der Waals surface area contributed by atoms with Crippen LogP contribution < -0.4 is 10.5 Å². The Bertz CT molecular complexity index is 496. The van der Waals surface area contributed by atoms with Crippen molar-refractivity contribution in [2.45, 2.75) is 13.0 Å². The van der Waals surface area contributed by atoms with Crippen LogP contribution in [0.4, 0.5) is 0 Å². The molecule has 0 atom stereocenters. The average molecular weight is 263 g/mol. The van der Waals surface area contributed by atoms with Gasteiger partial charge in [-0.25, -0.2) is 0 Å². The van der Waals surface area contributed by atoms with E-state index in [4.69, 9.17) is 19.7 Å². The predicted octanol–water partition coefficient (Wildman–Crippen LogP) is 1.14. The number of aromatic nitrogens is 2. The second-order valence-electron chi connectivity index (χ2n) is 3.97. The van der Waals surface area contributed by atoms with E-state index in [9.17, 15) is 0 Å². The summed E-state index contributed by atoms with van der Waals surface area (Å²) < 4.78 is 15.4. The number of methoxy groups -OCH3 is 1. The molecule has 6 heteroatoms. The van der Waals surface area contributed by atoms with Gasteiger partial charge in [-0.1, -0.05) is 17.3 Å². The van der Waals surface area contributed by atoms with Crippen molar-refractivity contribution in [3.05, 3.63) is 41.5 Å². The van der Waals surface area contributed by atoms with E-state index in [-0.39, 0.29) is 0 Å². The molecule has 102 valence electrons. The minimum absolute atomic E-state index is 0.298. The van der Waals surface area contributed by atoms with E-state index >= 15 is 0 Å². The summed E-state index contributed by atoms with van der Waals surface area (Å²) in [5.74, 6) is 1.93. The lowest BCUT2D eigenvalue weighted by atomic mass is 10.1. The number of ether oxygens (including phenoxy) is 2. The molecule has 0 aliphatic rings. The molecule has 0 aliphatic heterocycles. The Hall–Kier alpha value is -1.92. The summed E-state index contributed by atoms with van der Waals surface area (Å²) in [4.78, 5) is 4.25. The van der Waals surface area contributed by atoms with Crippen molar-refractivity contribution in [3.63, 3.8) is 0 Å². The van der Waals surface area contributed by atoms with Crippen LogP contribution in [0.25, 0.3) is 0 Å². The first kappa shape index (κ1) is 13.5. The number of hydrogen-bond donors (Lipinski definition) is 1. The molecule has 1 aromatic carbocycles. The van der Waals surface area contributed by atoms with Gasteiger partial charge in [0.25, 0.3) is 5.89 Å². The zero-order chi connectivity index (χ0) is 13.5. The molecule has 0 bridgehead atoms. The highest BCUT2D eigenvalue weighted by atomic mass is 16.5. The summed E-state index contributed by atoms with van der Waals surface area (Å²) in [6.07, 6.45) is 0.615. The Kier molecular flexibility index (Phi) is 4.88. The molecule has 0 radical (unpaired) electrons. The van der Waals surface area contributed by atoms with Crippen LogP contribution >= 0.6 is 0 Å². The Balaban J connectivity index is 1.91. The zero-order valence-corrected chi connectivity index (χ0v) is 10.8. The number of nitrogens with zero attached hydrogens (tertiary/aromatic N) is 2. The van der Waals surface area contributed by atoms with Gasteiger partial charge in [0.05, 0.1) is 13.7 Å². The van der Waals surface area contributed by atoms with E-state index in [1.807, 2.05) is 24.3 Å². The van der Waals surface area contributed by atoms with Crippen LogP contribution in [0.3, 0.4) is 0 Å². The van der Waals surface area contributed by atoms with Crippen molar-refractivity contribution in [2.75, 3.05) is 20.3 Å². The molecule has 0 amide bonds. The molecule has 0 fully saturated rings. The van der Waals surface area contributed by atoms with Gasteiger partial charge < -0.3 is 19.7 Å². The van der Waals surface area contributed by atoms with E-state index in [1.54, 1.807) is 7.11 Å². The molecule has 0 saturated carbocycles. The molecule has 0 spiro atoms. The Morgan fingerprint density at radius 3 is 2.74 bits per heavy atom. The van der Waals surface area contributed by atoms with E-state index in [0.717, 1.165) is 11.3 Å². The fourth-order valence-corrected chi connectivity index (χ4v) is 1.59. The monoisotopic (exact) mass is 263 g/mol. The lowest BCUT2D eigenvalue weighted by Crippen LogP contribution is -2.08. The van der Waals surface area contributed by atoms with Gasteiger partial charge in [0.2, 0.25) is 0 Å². The minimum Gasteiger partial charge on any atom is -0.497 e. The van der Waals surface area contributed by atoms with Crippen LogP contribution in [0, 0.1) is 0 Å². The molecular weight excluding hydrogens is 246 g/mol. The number of benzene rings is 1. The van der Waals surface area contributed by atoms with Crippen molar-refractivity contribution in [1.82, 2.24) is 10.1 Å². The standard InChI is InChI=1S/C13H17N3O3/c1-17-11-4-2-10(3-5-11)8-12-15-13(19-16-12)9-18-7-6-14/h2-5H,6-9,14H2,1H3. The third kappa shape index (κ3) is 4.04. The van der Waals surface area contributed by atoms with Crippen LogP contribution in [-0.2, 0) is 17.8 Å². The van der Waals surface area contributed by atoms with Crippen LogP contribution in [0.15, 0.2) is 28.8 Å². The van der Waals surface area contributed by atoms with E-state index in [1.165, 1.54) is 0 Å². The van der Waals surface area contributed by atoms with Gasteiger partial charge in [0.15, 0.2) is 5.82 Å². The fourth-order valence-electron chi connectivity index (χ4n) is 1.59. The molecule has 0 unspecified atom stereocenters. The smallest absolute Gasteiger partial charge is 0.252 e. The molecule has 1 aromatic heterocycles. The second-order valence-corrected chi connectivity index (χ2v) is 3.97. The molecule has 0 aliphatic carbocycles. The Labute approximate surface area is 111 Å². The van der Waals surface area contributed by atoms with Gasteiger partial charge in [-0.15, -0.1) is 0 Å². The van der Waals surface area contributed by atoms with Crippen LogP contribution in [0.5, 0.6) is 5.75 Å². The third-order valence-electron chi connectivity index (χ3n) is 2.52. The van der Waals surface area contributed by atoms with Gasteiger partial charge in [-0.2, -0.15) is 4.98 Å². The first-order valence-corrected chi connectivity index (χ1v) is 6.04. The predicted molar refractivity (Wildman–Crippen MR) is 68.8 cm³/mol. The molecule has 6 nitrogen and oxygen atoms in total. The van der Waals surface area contributed by atoms with Crippen LogP contribution in [-0.4, -0.2) is 30.4 Å². The van der Waals surface area contributed by atoms with Gasteiger partial charge in [0, 0.05) is 13.0 Å². The van der Waals surface area contributed by atoms with E-state index in [2.05, 4.69) is 10.1 Å². The number of nitrogens with two attached hydrogens (primary N) is 1. The fraction of sp³-hybridized carbons (Fsp3) is 0.385. The maximum atomic E-state index is 5.32. The Morgan fingerprint density at radius 2 is 2.05 bits per heavy atom. The zero-order valence-electron chi connectivity index (χ0n) is 10.8. The van der Waals surface area contributed by atoms with Crippen molar-refractivity contribution in [1.29, 1.82) is 0 Å². The molecule has 19 heavy (non-hydrogen) atoms. The van der Waals surface area contributed by atoms with Crippen molar-refractivity contribution in [3.8, 4) is 5.75 Å². The molecule has 2 rings (SSSR count). The topological polar surface area (TPSA) is 83.4 Å². The highest BCUT2D eigenvalue weighted by molar-refractivity contribution is 5.28. The van der Waals surface area contributed by atoms with Crippen molar-refractivity contribution < 1.29 is 14.0 Å². The second kappa shape index (κ2) is 6.86. The van der Waals surface area contributed by atoms with Gasteiger partial charge in [0.1, 0.15) is 12.4 Å². The summed E-state index contributed by atoms with van der Waals surface area (Å²) in [6.45, 7) is 1.26. The number of rotatable bonds is 7. The molecule has 2 N–H and O–H groups in total. The average Bonchev–Trinajstić information content (AvgIpc) is 2.88. The summed E-state index contributed by atoms with van der Waals surface area (Å²) in [5, 5.41) is 3.90. The van der Waals surface area contributed by atoms with E-state index < -0.39 is 0 Å². The van der Waals surface area contributed by atoms with Gasteiger partial charge >= 0.3 is 0 Å². The maximum absolute atomic E-state index is 5.32. The molecule has 0 saturated heterocycles. The highest BCUT2D eigenvalue weighted by Gasteiger charge is 2.07. The molecular formula is C13H17N3O3. The van der Waals surface area contributed by atoms with E-state index in [0.29, 0.717) is 37.9 Å². The molecule has 2 aromatic rings. The van der Waals surface area contributed by atoms with Gasteiger partial charge in [-0.3, -0.25) is 0 Å². The summed E-state index contributed by atoms with van der Waals surface area (Å²) in [5.41, 5.74) is 6.42. The summed E-state index contributed by atoms with van der Waals surface area (Å²) >= 11 is 0. The largest absolute Gasteiger partial charge is 0.497 e.